The summed E-state index contributed by atoms with van der Waals surface area (Å²) in [6, 6.07) is 6.44. The topological polar surface area (TPSA) is 12.4 Å². The van der Waals surface area contributed by atoms with E-state index in [1.54, 1.807) is 0 Å². The molecule has 2 aliphatic rings. The quantitative estimate of drug-likeness (QED) is 0.708. The average Bonchev–Trinajstić information content (AvgIpc) is 2.73. The zero-order valence-corrected chi connectivity index (χ0v) is 11.0. The predicted molar refractivity (Wildman–Crippen MR) is 71.5 cm³/mol. The lowest BCUT2D eigenvalue weighted by Gasteiger charge is -2.21. The van der Waals surface area contributed by atoms with Gasteiger partial charge in [0.25, 0.3) is 0 Å². The molecular formula is C14H16BrN. The second-order valence-electron chi connectivity index (χ2n) is 4.89. The highest BCUT2D eigenvalue weighted by Gasteiger charge is 2.24. The van der Waals surface area contributed by atoms with Gasteiger partial charge in [-0.2, -0.15) is 0 Å². The summed E-state index contributed by atoms with van der Waals surface area (Å²) in [6.45, 7) is 0. The van der Waals surface area contributed by atoms with E-state index in [4.69, 9.17) is 4.99 Å². The summed E-state index contributed by atoms with van der Waals surface area (Å²) < 4.78 is 1.17. The number of halogens is 1. The van der Waals surface area contributed by atoms with Gasteiger partial charge in [-0.05, 0) is 42.5 Å². The van der Waals surface area contributed by atoms with Crippen molar-refractivity contribution in [3.63, 3.8) is 0 Å². The maximum atomic E-state index is 4.81. The standard InChI is InChI=1S/C14H16BrN/c15-12-6-7-13-11(8-12)9-14(16-13)10-4-2-1-3-5-10/h6-8,10H,1-5,9H2. The highest BCUT2D eigenvalue weighted by atomic mass is 79.9. The van der Waals surface area contributed by atoms with E-state index < -0.39 is 0 Å². The summed E-state index contributed by atoms with van der Waals surface area (Å²) in [6.07, 6.45) is 8.00. The van der Waals surface area contributed by atoms with Crippen LogP contribution in [0.15, 0.2) is 27.7 Å². The van der Waals surface area contributed by atoms with Crippen molar-refractivity contribution in [3.05, 3.63) is 28.2 Å². The van der Waals surface area contributed by atoms with E-state index >= 15 is 0 Å². The molecule has 1 aliphatic heterocycles. The minimum atomic E-state index is 0.764. The summed E-state index contributed by atoms with van der Waals surface area (Å²) in [5.74, 6) is 0.764. The first-order valence-corrected chi connectivity index (χ1v) is 6.98. The van der Waals surface area contributed by atoms with E-state index in [9.17, 15) is 0 Å². The van der Waals surface area contributed by atoms with Gasteiger partial charge in [0, 0.05) is 16.6 Å². The molecule has 0 N–H and O–H groups in total. The predicted octanol–water partition coefficient (Wildman–Crippen LogP) is 4.66. The number of fused-ring (bicyclic) bond motifs is 1. The van der Waals surface area contributed by atoms with Crippen LogP contribution in [0.4, 0.5) is 5.69 Å². The molecule has 1 heterocycles. The van der Waals surface area contributed by atoms with Gasteiger partial charge in [0.15, 0.2) is 0 Å². The van der Waals surface area contributed by atoms with Crippen LogP contribution in [0.1, 0.15) is 37.7 Å². The van der Waals surface area contributed by atoms with E-state index in [0.717, 1.165) is 12.3 Å². The fourth-order valence-corrected chi connectivity index (χ4v) is 3.27. The molecule has 0 atom stereocenters. The number of nitrogens with zero attached hydrogens (tertiary/aromatic N) is 1. The molecule has 1 aromatic rings. The Bertz CT molecular complexity index is 430. The molecule has 1 fully saturated rings. The molecule has 1 aromatic carbocycles. The molecule has 3 rings (SSSR count). The molecule has 2 heteroatoms. The summed E-state index contributed by atoms with van der Waals surface area (Å²) >= 11 is 3.53. The smallest absolute Gasteiger partial charge is 0.0665 e. The molecule has 1 aliphatic carbocycles. The SMILES string of the molecule is Brc1ccc2c(c1)CC(C1CCCCC1)=N2. The Morgan fingerprint density at radius 1 is 1.12 bits per heavy atom. The first-order valence-electron chi connectivity index (χ1n) is 6.19. The molecule has 0 bridgehead atoms. The van der Waals surface area contributed by atoms with Crippen LogP contribution in [0.3, 0.4) is 0 Å². The second kappa shape index (κ2) is 4.33. The second-order valence-corrected chi connectivity index (χ2v) is 5.80. The Balaban J connectivity index is 1.82. The third kappa shape index (κ3) is 1.95. The van der Waals surface area contributed by atoms with Crippen molar-refractivity contribution in [2.24, 2.45) is 10.9 Å². The molecule has 84 valence electrons. The van der Waals surface area contributed by atoms with E-state index in [1.807, 2.05) is 0 Å². The molecule has 0 saturated heterocycles. The average molecular weight is 278 g/mol. The Hall–Kier alpha value is -0.630. The van der Waals surface area contributed by atoms with Crippen molar-refractivity contribution in [3.8, 4) is 0 Å². The lowest BCUT2D eigenvalue weighted by molar-refractivity contribution is 0.437. The molecule has 16 heavy (non-hydrogen) atoms. The zero-order chi connectivity index (χ0) is 11.0. The van der Waals surface area contributed by atoms with Crippen molar-refractivity contribution in [2.75, 3.05) is 0 Å². The lowest BCUT2D eigenvalue weighted by atomic mass is 9.84. The van der Waals surface area contributed by atoms with Crippen molar-refractivity contribution in [1.29, 1.82) is 0 Å². The maximum absolute atomic E-state index is 4.81. The minimum Gasteiger partial charge on any atom is -0.257 e. The van der Waals surface area contributed by atoms with Crippen molar-refractivity contribution >= 4 is 27.3 Å². The Morgan fingerprint density at radius 2 is 1.94 bits per heavy atom. The van der Waals surface area contributed by atoms with E-state index in [2.05, 4.69) is 34.1 Å². The van der Waals surface area contributed by atoms with Crippen molar-refractivity contribution < 1.29 is 0 Å². The molecule has 0 aromatic heterocycles. The molecule has 1 saturated carbocycles. The molecule has 0 spiro atoms. The van der Waals surface area contributed by atoms with Crippen LogP contribution in [0.2, 0.25) is 0 Å². The Morgan fingerprint density at radius 3 is 2.75 bits per heavy atom. The van der Waals surface area contributed by atoms with Crippen molar-refractivity contribution in [1.82, 2.24) is 0 Å². The van der Waals surface area contributed by atoms with Gasteiger partial charge in [-0.15, -0.1) is 0 Å². The van der Waals surface area contributed by atoms with Gasteiger partial charge in [0.2, 0.25) is 0 Å². The third-order valence-electron chi connectivity index (χ3n) is 3.75. The van der Waals surface area contributed by atoms with Gasteiger partial charge in [0.05, 0.1) is 5.69 Å². The van der Waals surface area contributed by atoms with E-state index in [0.29, 0.717) is 0 Å². The molecule has 0 amide bonds. The number of hydrogen-bond donors (Lipinski definition) is 0. The lowest BCUT2D eigenvalue weighted by Crippen LogP contribution is -2.17. The third-order valence-corrected chi connectivity index (χ3v) is 4.25. The fourth-order valence-electron chi connectivity index (χ4n) is 2.87. The maximum Gasteiger partial charge on any atom is 0.0665 e. The number of aliphatic imine (C=N–C) groups is 1. The van der Waals surface area contributed by atoms with Crippen molar-refractivity contribution in [2.45, 2.75) is 38.5 Å². The van der Waals surface area contributed by atoms with Crippen LogP contribution in [0.25, 0.3) is 0 Å². The highest BCUT2D eigenvalue weighted by molar-refractivity contribution is 9.10. The first-order chi connectivity index (χ1) is 7.83. The summed E-state index contributed by atoms with van der Waals surface area (Å²) in [5, 5.41) is 0. The number of benzene rings is 1. The van der Waals surface area contributed by atoms with Crippen LogP contribution < -0.4 is 0 Å². The Labute approximate surface area is 105 Å². The molecule has 0 unspecified atom stereocenters. The highest BCUT2D eigenvalue weighted by Crippen LogP contribution is 2.35. The summed E-state index contributed by atoms with van der Waals surface area (Å²) in [4.78, 5) is 4.81. The summed E-state index contributed by atoms with van der Waals surface area (Å²) in [7, 11) is 0. The monoisotopic (exact) mass is 277 g/mol. The van der Waals surface area contributed by atoms with Crippen LogP contribution >= 0.6 is 15.9 Å². The molecular weight excluding hydrogens is 262 g/mol. The van der Waals surface area contributed by atoms with Crippen LogP contribution in [-0.2, 0) is 6.42 Å². The largest absolute Gasteiger partial charge is 0.257 e. The van der Waals surface area contributed by atoms with Crippen LogP contribution in [0.5, 0.6) is 0 Å². The van der Waals surface area contributed by atoms with Gasteiger partial charge < -0.3 is 0 Å². The van der Waals surface area contributed by atoms with Crippen LogP contribution in [-0.4, -0.2) is 5.71 Å². The number of hydrogen-bond acceptors (Lipinski definition) is 1. The summed E-state index contributed by atoms with van der Waals surface area (Å²) in [5.41, 5.74) is 4.03. The van der Waals surface area contributed by atoms with Gasteiger partial charge in [0.1, 0.15) is 0 Å². The van der Waals surface area contributed by atoms with Gasteiger partial charge in [-0.1, -0.05) is 35.2 Å². The zero-order valence-electron chi connectivity index (χ0n) is 9.38. The number of rotatable bonds is 1. The van der Waals surface area contributed by atoms with Crippen LogP contribution in [0, 0.1) is 5.92 Å². The van der Waals surface area contributed by atoms with Gasteiger partial charge >= 0.3 is 0 Å². The van der Waals surface area contributed by atoms with E-state index in [1.165, 1.54) is 53.5 Å². The van der Waals surface area contributed by atoms with Gasteiger partial charge in [-0.3, -0.25) is 4.99 Å². The normalized spacial score (nSPS) is 20.7. The van der Waals surface area contributed by atoms with E-state index in [-0.39, 0.29) is 0 Å². The first kappa shape index (κ1) is 10.5. The fraction of sp³-hybridized carbons (Fsp3) is 0.500. The Kier molecular flexibility index (Phi) is 2.84. The molecule has 0 radical (unpaired) electrons. The van der Waals surface area contributed by atoms with Gasteiger partial charge in [-0.25, -0.2) is 0 Å². The minimum absolute atomic E-state index is 0.764. The molecule has 1 nitrogen and oxygen atoms in total.